The molecule has 0 N–H and O–H groups in total. The van der Waals surface area contributed by atoms with Crippen LogP contribution in [0, 0.1) is 11.3 Å². The number of nitriles is 1. The number of para-hydroxylation sites is 2. The molecule has 0 fully saturated rings. The van der Waals surface area contributed by atoms with Crippen LogP contribution in [0.2, 0.25) is 0 Å². The van der Waals surface area contributed by atoms with Crippen LogP contribution in [0.3, 0.4) is 0 Å². The van der Waals surface area contributed by atoms with Gasteiger partial charge in [-0.2, -0.15) is 18.4 Å². The fourth-order valence-electron chi connectivity index (χ4n) is 10.0. The Morgan fingerprint density at radius 3 is 1.82 bits per heavy atom. The Morgan fingerprint density at radius 2 is 1.10 bits per heavy atom. The Balaban J connectivity index is 1.10. The molecule has 0 saturated heterocycles. The molecule has 0 amide bonds. The van der Waals surface area contributed by atoms with Crippen LogP contribution in [0.15, 0.2) is 206 Å². The summed E-state index contributed by atoms with van der Waals surface area (Å²) in [4.78, 5) is 10.1. The van der Waals surface area contributed by atoms with Crippen molar-refractivity contribution in [1.82, 2.24) is 19.1 Å². The number of pyridine rings is 2. The van der Waals surface area contributed by atoms with Crippen molar-refractivity contribution in [3.05, 3.63) is 234 Å². The number of hydrogen-bond donors (Lipinski definition) is 0. The number of allylic oxidation sites excluding steroid dienone is 1. The van der Waals surface area contributed by atoms with Gasteiger partial charge in [-0.1, -0.05) is 146 Å². The second-order valence-corrected chi connectivity index (χ2v) is 17.1. The smallest absolute Gasteiger partial charge is 0.312 e. The molecule has 11 aromatic rings. The number of nitrogens with zero attached hydrogens (tertiary/aromatic N) is 5. The Labute approximate surface area is 390 Å². The van der Waals surface area contributed by atoms with Crippen molar-refractivity contribution < 1.29 is 13.2 Å². The van der Waals surface area contributed by atoms with Gasteiger partial charge in [-0.25, -0.2) is 4.98 Å². The SMILES string of the molecule is N#Cc1cccc(-c2cc(-n3c4c(c5ccccc53)C=CC(c3cccc(-c5ccccc5)n3)C4)c(C(F)(F)F)cc2-n2c3ccccc3c3ccc(-c4cccc(-c5ccccc5)n4)cc32)c1. The van der Waals surface area contributed by atoms with Gasteiger partial charge in [-0.05, 0) is 72.3 Å². The fourth-order valence-corrected chi connectivity index (χ4v) is 10.0. The lowest BCUT2D eigenvalue weighted by Gasteiger charge is -2.25. The van der Waals surface area contributed by atoms with Crippen LogP contribution in [0.4, 0.5) is 13.2 Å². The van der Waals surface area contributed by atoms with Crippen LogP contribution in [0.25, 0.3) is 95.1 Å². The number of rotatable bonds is 7. The van der Waals surface area contributed by atoms with Crippen molar-refractivity contribution >= 4 is 38.8 Å². The molecular formula is C60H38F3N5. The minimum absolute atomic E-state index is 0.000473. The van der Waals surface area contributed by atoms with Crippen molar-refractivity contribution in [1.29, 1.82) is 5.26 Å². The van der Waals surface area contributed by atoms with E-state index >= 15 is 13.2 Å². The van der Waals surface area contributed by atoms with E-state index in [1.54, 1.807) is 24.3 Å². The quantitative estimate of drug-likeness (QED) is 0.160. The van der Waals surface area contributed by atoms with Gasteiger partial charge in [-0.15, -0.1) is 0 Å². The Hall–Kier alpha value is -8.80. The van der Waals surface area contributed by atoms with Crippen LogP contribution in [-0.4, -0.2) is 19.1 Å². The molecule has 0 saturated carbocycles. The second kappa shape index (κ2) is 16.3. The first-order valence-corrected chi connectivity index (χ1v) is 22.5. The Kier molecular flexibility index (Phi) is 9.73. The first-order valence-electron chi connectivity index (χ1n) is 22.5. The molecule has 7 aromatic carbocycles. The molecule has 1 atom stereocenters. The number of aromatic nitrogens is 4. The van der Waals surface area contributed by atoms with Gasteiger partial charge in [0.1, 0.15) is 0 Å². The first-order chi connectivity index (χ1) is 33.3. The molecule has 8 heteroatoms. The van der Waals surface area contributed by atoms with E-state index in [0.717, 1.165) is 77.9 Å². The summed E-state index contributed by atoms with van der Waals surface area (Å²) in [6.07, 6.45) is -0.208. The van der Waals surface area contributed by atoms with Crippen LogP contribution in [0.1, 0.15) is 34.0 Å². The standard InChI is InChI=1S/C60H38F3N5/c61-60(62,63)49-36-58(67-54-26-9-7-20-44(54)46-30-28-42(33-56(46)67)52-24-12-22-50(65-52)39-15-3-1-4-16-39)48(41-19-11-14-38(32-41)37-64)35-59(49)68-55-27-10-8-21-45(55)47-31-29-43(34-57(47)68)53-25-13-23-51(66-53)40-17-5-2-6-18-40/h1-33,35-36,43H,34H2. The van der Waals surface area contributed by atoms with Crippen molar-refractivity contribution in [3.63, 3.8) is 0 Å². The normalized spacial score (nSPS) is 13.5. The summed E-state index contributed by atoms with van der Waals surface area (Å²) in [5.41, 5.74) is 10.8. The third-order valence-electron chi connectivity index (χ3n) is 13.1. The van der Waals surface area contributed by atoms with Gasteiger partial charge in [0.25, 0.3) is 0 Å². The molecule has 5 nitrogen and oxygen atoms in total. The van der Waals surface area contributed by atoms with Gasteiger partial charge < -0.3 is 9.13 Å². The van der Waals surface area contributed by atoms with E-state index in [1.165, 1.54) is 6.07 Å². The molecular weight excluding hydrogens is 848 g/mol. The Bertz CT molecular complexity index is 3840. The molecule has 12 rings (SSSR count). The molecule has 0 radical (unpaired) electrons. The highest BCUT2D eigenvalue weighted by molar-refractivity contribution is 6.11. The predicted octanol–water partition coefficient (Wildman–Crippen LogP) is 15.4. The highest BCUT2D eigenvalue weighted by Gasteiger charge is 2.38. The lowest BCUT2D eigenvalue weighted by atomic mass is 9.90. The van der Waals surface area contributed by atoms with E-state index < -0.39 is 11.7 Å². The zero-order chi connectivity index (χ0) is 45.9. The summed E-state index contributed by atoms with van der Waals surface area (Å²) in [6.45, 7) is 0. The van der Waals surface area contributed by atoms with Gasteiger partial charge in [0, 0.05) is 67.7 Å². The summed E-state index contributed by atoms with van der Waals surface area (Å²) < 4.78 is 52.6. The summed E-state index contributed by atoms with van der Waals surface area (Å²) in [5, 5.41) is 12.8. The molecule has 1 aliphatic rings. The molecule has 0 aliphatic heterocycles. The Morgan fingerprint density at radius 1 is 0.500 bits per heavy atom. The van der Waals surface area contributed by atoms with Crippen LogP contribution in [0.5, 0.6) is 0 Å². The zero-order valence-electron chi connectivity index (χ0n) is 36.4. The third kappa shape index (κ3) is 6.95. The van der Waals surface area contributed by atoms with Gasteiger partial charge in [0.15, 0.2) is 0 Å². The lowest BCUT2D eigenvalue weighted by Crippen LogP contribution is -2.16. The summed E-state index contributed by atoms with van der Waals surface area (Å²) in [7, 11) is 0. The van der Waals surface area contributed by atoms with E-state index in [2.05, 4.69) is 12.1 Å². The minimum atomic E-state index is -4.78. The van der Waals surface area contributed by atoms with Crippen molar-refractivity contribution in [2.45, 2.75) is 18.5 Å². The zero-order valence-corrected chi connectivity index (χ0v) is 36.4. The van der Waals surface area contributed by atoms with E-state index in [9.17, 15) is 5.26 Å². The van der Waals surface area contributed by atoms with Gasteiger partial charge in [0.05, 0.1) is 62.2 Å². The maximum absolute atomic E-state index is 16.3. The lowest BCUT2D eigenvalue weighted by molar-refractivity contribution is -0.137. The van der Waals surface area contributed by atoms with E-state index in [4.69, 9.17) is 9.97 Å². The molecule has 0 spiro atoms. The van der Waals surface area contributed by atoms with Crippen LogP contribution >= 0.6 is 0 Å². The predicted molar refractivity (Wildman–Crippen MR) is 267 cm³/mol. The molecule has 4 aromatic heterocycles. The second-order valence-electron chi connectivity index (χ2n) is 17.1. The minimum Gasteiger partial charge on any atom is -0.312 e. The summed E-state index contributed by atoms with van der Waals surface area (Å²) in [5.74, 6) is -0.204. The highest BCUT2D eigenvalue weighted by atomic mass is 19.4. The number of halogens is 3. The average Bonchev–Trinajstić information content (AvgIpc) is 3.90. The molecule has 1 aliphatic carbocycles. The maximum atomic E-state index is 16.3. The van der Waals surface area contributed by atoms with E-state index in [-0.39, 0.29) is 11.6 Å². The van der Waals surface area contributed by atoms with E-state index in [0.29, 0.717) is 34.3 Å². The fraction of sp³-hybridized carbons (Fsp3) is 0.0500. The average molecular weight is 886 g/mol. The largest absolute Gasteiger partial charge is 0.418 e. The van der Waals surface area contributed by atoms with Gasteiger partial charge in [-0.3, -0.25) is 4.98 Å². The van der Waals surface area contributed by atoms with Crippen molar-refractivity contribution in [2.24, 2.45) is 0 Å². The van der Waals surface area contributed by atoms with Crippen LogP contribution < -0.4 is 0 Å². The molecule has 0 bridgehead atoms. The molecule has 324 valence electrons. The number of hydrogen-bond acceptors (Lipinski definition) is 3. The monoisotopic (exact) mass is 885 g/mol. The van der Waals surface area contributed by atoms with E-state index in [1.807, 2.05) is 185 Å². The van der Waals surface area contributed by atoms with Gasteiger partial charge in [0.2, 0.25) is 0 Å². The summed E-state index contributed by atoms with van der Waals surface area (Å²) >= 11 is 0. The van der Waals surface area contributed by atoms with Crippen molar-refractivity contribution in [3.8, 4) is 62.3 Å². The molecule has 4 heterocycles. The van der Waals surface area contributed by atoms with Gasteiger partial charge >= 0.3 is 6.18 Å². The number of fused-ring (bicyclic) bond motifs is 6. The summed E-state index contributed by atoms with van der Waals surface area (Å²) in [6, 6.07) is 65.6. The topological polar surface area (TPSA) is 59.4 Å². The van der Waals surface area contributed by atoms with Crippen LogP contribution in [-0.2, 0) is 12.6 Å². The number of alkyl halides is 3. The molecule has 68 heavy (non-hydrogen) atoms. The number of benzene rings is 7. The first kappa shape index (κ1) is 40.7. The molecule has 1 unspecified atom stereocenters. The third-order valence-corrected chi connectivity index (χ3v) is 13.1. The maximum Gasteiger partial charge on any atom is 0.418 e. The highest BCUT2D eigenvalue weighted by Crippen LogP contribution is 2.46. The van der Waals surface area contributed by atoms with Crippen molar-refractivity contribution in [2.75, 3.05) is 0 Å².